The number of hydrogen-bond acceptors (Lipinski definition) is 2. The number of hydrogen-bond donors (Lipinski definition) is 0. The van der Waals surface area contributed by atoms with Crippen molar-refractivity contribution in [3.8, 4) is 0 Å². The van der Waals surface area contributed by atoms with Gasteiger partial charge in [-0.05, 0) is 88.5 Å². The predicted octanol–water partition coefficient (Wildman–Crippen LogP) is 6.57. The average Bonchev–Trinajstić information content (AvgIpc) is 2.69. The molecule has 150 valence electrons. The van der Waals surface area contributed by atoms with Crippen LogP contribution in [0, 0.1) is 13.8 Å². The standard InChI is InChI=1S/C26H36N2/c1-21-13-5-7-15-25(21)17-9-11-19-27-23(3)24(4)28-20-12-10-18-26-16-8-6-14-22(26)2/h5-8,13-16H,9-12,17-20H2,1-4H3. The zero-order valence-electron chi connectivity index (χ0n) is 18.2. The Hall–Kier alpha value is -2.22. The van der Waals surface area contributed by atoms with Crippen molar-refractivity contribution in [1.29, 1.82) is 0 Å². The van der Waals surface area contributed by atoms with E-state index in [-0.39, 0.29) is 0 Å². The molecule has 2 rings (SSSR count). The molecule has 0 fully saturated rings. The van der Waals surface area contributed by atoms with Crippen LogP contribution in [0.1, 0.15) is 61.8 Å². The molecule has 0 heterocycles. The van der Waals surface area contributed by atoms with Crippen molar-refractivity contribution >= 4 is 11.4 Å². The van der Waals surface area contributed by atoms with Crippen LogP contribution in [0.2, 0.25) is 0 Å². The second-order valence-corrected chi connectivity index (χ2v) is 7.70. The first kappa shape index (κ1) is 22.1. The van der Waals surface area contributed by atoms with E-state index in [1.807, 2.05) is 0 Å². The summed E-state index contributed by atoms with van der Waals surface area (Å²) in [5.41, 5.74) is 7.91. The number of aliphatic imine (C=N–C) groups is 2. The van der Waals surface area contributed by atoms with Gasteiger partial charge in [0.05, 0.1) is 11.4 Å². The zero-order valence-corrected chi connectivity index (χ0v) is 18.2. The van der Waals surface area contributed by atoms with Crippen molar-refractivity contribution in [3.05, 3.63) is 70.8 Å². The summed E-state index contributed by atoms with van der Waals surface area (Å²) in [5.74, 6) is 0. The van der Waals surface area contributed by atoms with Crippen molar-refractivity contribution in [1.82, 2.24) is 0 Å². The minimum Gasteiger partial charge on any atom is -0.288 e. The van der Waals surface area contributed by atoms with E-state index in [4.69, 9.17) is 9.98 Å². The Labute approximate surface area is 171 Å². The second-order valence-electron chi connectivity index (χ2n) is 7.70. The molecule has 2 aromatic carbocycles. The maximum absolute atomic E-state index is 4.72. The number of rotatable bonds is 11. The van der Waals surface area contributed by atoms with Crippen molar-refractivity contribution in [3.63, 3.8) is 0 Å². The molecule has 0 aliphatic heterocycles. The lowest BCUT2D eigenvalue weighted by molar-refractivity contribution is 0.741. The third kappa shape index (κ3) is 7.80. The smallest absolute Gasteiger partial charge is 0.0524 e. The number of unbranched alkanes of at least 4 members (excludes halogenated alkanes) is 2. The first-order chi connectivity index (χ1) is 13.6. The Morgan fingerprint density at radius 3 is 1.39 bits per heavy atom. The van der Waals surface area contributed by atoms with Crippen LogP contribution in [0.15, 0.2) is 58.5 Å². The van der Waals surface area contributed by atoms with Crippen LogP contribution in [-0.4, -0.2) is 24.5 Å². The van der Waals surface area contributed by atoms with Gasteiger partial charge in [-0.3, -0.25) is 9.98 Å². The first-order valence-electron chi connectivity index (χ1n) is 10.7. The third-order valence-corrected chi connectivity index (χ3v) is 5.45. The Bertz CT molecular complexity index is 719. The molecule has 0 atom stereocenters. The minimum absolute atomic E-state index is 0.901. The minimum atomic E-state index is 0.901. The molecule has 0 saturated heterocycles. The van der Waals surface area contributed by atoms with Gasteiger partial charge < -0.3 is 0 Å². The van der Waals surface area contributed by atoms with E-state index in [0.717, 1.165) is 50.2 Å². The van der Waals surface area contributed by atoms with Crippen LogP contribution in [0.25, 0.3) is 0 Å². The molecule has 2 aromatic rings. The third-order valence-electron chi connectivity index (χ3n) is 5.45. The molecule has 2 heteroatoms. The van der Waals surface area contributed by atoms with Gasteiger partial charge in [-0.2, -0.15) is 0 Å². The van der Waals surface area contributed by atoms with Gasteiger partial charge in [0.25, 0.3) is 0 Å². The van der Waals surface area contributed by atoms with Crippen LogP contribution in [0.3, 0.4) is 0 Å². The molecule has 0 spiro atoms. The number of aryl methyl sites for hydroxylation is 4. The number of benzene rings is 2. The largest absolute Gasteiger partial charge is 0.288 e. The molecule has 0 radical (unpaired) electrons. The second kappa shape index (κ2) is 12.3. The van der Waals surface area contributed by atoms with Gasteiger partial charge in [0.15, 0.2) is 0 Å². The van der Waals surface area contributed by atoms with E-state index in [2.05, 4.69) is 76.2 Å². The molecule has 2 nitrogen and oxygen atoms in total. The fourth-order valence-electron chi connectivity index (χ4n) is 3.36. The van der Waals surface area contributed by atoms with Crippen LogP contribution >= 0.6 is 0 Å². The molecular weight excluding hydrogens is 340 g/mol. The van der Waals surface area contributed by atoms with E-state index >= 15 is 0 Å². The van der Waals surface area contributed by atoms with Crippen LogP contribution in [0.4, 0.5) is 0 Å². The summed E-state index contributed by atoms with van der Waals surface area (Å²) in [5, 5.41) is 0. The van der Waals surface area contributed by atoms with Gasteiger partial charge in [-0.25, -0.2) is 0 Å². The van der Waals surface area contributed by atoms with E-state index in [1.165, 1.54) is 35.1 Å². The summed E-state index contributed by atoms with van der Waals surface area (Å²) in [6, 6.07) is 17.3. The highest BCUT2D eigenvalue weighted by atomic mass is 14.8. The highest BCUT2D eigenvalue weighted by Crippen LogP contribution is 2.11. The summed E-state index contributed by atoms with van der Waals surface area (Å²) in [6.07, 6.45) is 6.95. The topological polar surface area (TPSA) is 24.7 Å². The number of nitrogens with zero attached hydrogens (tertiary/aromatic N) is 2. The molecule has 0 aromatic heterocycles. The summed E-state index contributed by atoms with van der Waals surface area (Å²) in [4.78, 5) is 9.44. The molecule has 28 heavy (non-hydrogen) atoms. The molecule has 0 unspecified atom stereocenters. The SMILES string of the molecule is CC(=NCCCCc1ccccc1C)C(C)=NCCCCc1ccccc1C. The van der Waals surface area contributed by atoms with Crippen molar-refractivity contribution in [2.45, 2.75) is 66.2 Å². The molecule has 0 N–H and O–H groups in total. The Morgan fingerprint density at radius 1 is 0.607 bits per heavy atom. The lowest BCUT2D eigenvalue weighted by atomic mass is 10.0. The molecule has 0 amide bonds. The summed E-state index contributed by atoms with van der Waals surface area (Å²) < 4.78 is 0. The fourth-order valence-corrected chi connectivity index (χ4v) is 3.36. The Kier molecular flexibility index (Phi) is 9.68. The molecular formula is C26H36N2. The summed E-state index contributed by atoms with van der Waals surface area (Å²) in [6.45, 7) is 10.4. The monoisotopic (exact) mass is 376 g/mol. The van der Waals surface area contributed by atoms with E-state index in [1.54, 1.807) is 0 Å². The van der Waals surface area contributed by atoms with Gasteiger partial charge in [0, 0.05) is 13.1 Å². The van der Waals surface area contributed by atoms with Crippen LogP contribution in [0.5, 0.6) is 0 Å². The normalized spacial score (nSPS) is 12.4. The zero-order chi connectivity index (χ0) is 20.2. The Balaban J connectivity index is 1.63. The van der Waals surface area contributed by atoms with Crippen molar-refractivity contribution in [2.75, 3.05) is 13.1 Å². The van der Waals surface area contributed by atoms with E-state index in [9.17, 15) is 0 Å². The maximum atomic E-state index is 4.72. The summed E-state index contributed by atoms with van der Waals surface area (Å²) >= 11 is 0. The lowest BCUT2D eigenvalue weighted by Crippen LogP contribution is -2.08. The highest BCUT2D eigenvalue weighted by molar-refractivity contribution is 6.40. The van der Waals surface area contributed by atoms with Gasteiger partial charge in [-0.15, -0.1) is 0 Å². The fraction of sp³-hybridized carbons (Fsp3) is 0.462. The lowest BCUT2D eigenvalue weighted by Gasteiger charge is -2.05. The highest BCUT2D eigenvalue weighted by Gasteiger charge is 2.00. The Morgan fingerprint density at radius 2 is 1.00 bits per heavy atom. The molecule has 0 aliphatic carbocycles. The molecule has 0 bridgehead atoms. The molecule has 0 saturated carbocycles. The predicted molar refractivity (Wildman–Crippen MR) is 124 cm³/mol. The quantitative estimate of drug-likeness (QED) is 0.313. The van der Waals surface area contributed by atoms with Gasteiger partial charge in [0.1, 0.15) is 0 Å². The maximum Gasteiger partial charge on any atom is 0.0524 e. The van der Waals surface area contributed by atoms with Crippen LogP contribution in [-0.2, 0) is 12.8 Å². The van der Waals surface area contributed by atoms with E-state index in [0.29, 0.717) is 0 Å². The van der Waals surface area contributed by atoms with Crippen molar-refractivity contribution < 1.29 is 0 Å². The van der Waals surface area contributed by atoms with Crippen LogP contribution < -0.4 is 0 Å². The van der Waals surface area contributed by atoms with E-state index < -0.39 is 0 Å². The summed E-state index contributed by atoms with van der Waals surface area (Å²) in [7, 11) is 0. The van der Waals surface area contributed by atoms with Gasteiger partial charge in [-0.1, -0.05) is 48.5 Å². The average molecular weight is 377 g/mol. The first-order valence-corrected chi connectivity index (χ1v) is 10.7. The van der Waals surface area contributed by atoms with Gasteiger partial charge in [0.2, 0.25) is 0 Å². The molecule has 0 aliphatic rings. The van der Waals surface area contributed by atoms with Crippen molar-refractivity contribution in [2.24, 2.45) is 9.98 Å². The van der Waals surface area contributed by atoms with Gasteiger partial charge >= 0.3 is 0 Å².